The van der Waals surface area contributed by atoms with E-state index in [9.17, 15) is 8.78 Å². The molecule has 0 aliphatic carbocycles. The highest BCUT2D eigenvalue weighted by Gasteiger charge is 2.19. The standard InChI is InChI=1S/C15H15ClF2N2/c1-4-5-11-19-14(9(3)15(16)20-11)12-10(17)7-6-8(2)13(12)18/h6-7H,4-5H2,1-3H3. The number of nitrogens with zero attached hydrogens (tertiary/aromatic N) is 2. The lowest BCUT2D eigenvalue weighted by Gasteiger charge is -2.12. The van der Waals surface area contributed by atoms with Crippen LogP contribution in [0.3, 0.4) is 0 Å². The molecular weight excluding hydrogens is 282 g/mol. The fourth-order valence-corrected chi connectivity index (χ4v) is 2.17. The van der Waals surface area contributed by atoms with Crippen LogP contribution in [0.4, 0.5) is 8.78 Å². The third kappa shape index (κ3) is 2.66. The van der Waals surface area contributed by atoms with Gasteiger partial charge in [0.1, 0.15) is 22.6 Å². The highest BCUT2D eigenvalue weighted by molar-refractivity contribution is 6.30. The summed E-state index contributed by atoms with van der Waals surface area (Å²) in [5, 5.41) is 0.235. The maximum absolute atomic E-state index is 14.2. The lowest BCUT2D eigenvalue weighted by Crippen LogP contribution is -2.04. The Balaban J connectivity index is 2.72. The van der Waals surface area contributed by atoms with E-state index in [1.165, 1.54) is 12.1 Å². The first-order valence-corrected chi connectivity index (χ1v) is 6.81. The third-order valence-electron chi connectivity index (χ3n) is 3.13. The number of halogens is 3. The summed E-state index contributed by atoms with van der Waals surface area (Å²) in [6.07, 6.45) is 1.44. The van der Waals surface area contributed by atoms with Gasteiger partial charge in [-0.2, -0.15) is 0 Å². The van der Waals surface area contributed by atoms with Gasteiger partial charge in [0.15, 0.2) is 0 Å². The highest BCUT2D eigenvalue weighted by atomic mass is 35.5. The Kier molecular flexibility index (Phi) is 4.33. The molecule has 0 N–H and O–H groups in total. The second-order valence-corrected chi connectivity index (χ2v) is 5.07. The average Bonchev–Trinajstić information content (AvgIpc) is 2.40. The molecule has 0 amide bonds. The van der Waals surface area contributed by atoms with Gasteiger partial charge >= 0.3 is 0 Å². The van der Waals surface area contributed by atoms with Crippen molar-refractivity contribution in [3.05, 3.63) is 45.9 Å². The Morgan fingerprint density at radius 1 is 1.15 bits per heavy atom. The van der Waals surface area contributed by atoms with E-state index >= 15 is 0 Å². The predicted octanol–water partition coefficient (Wildman–Crippen LogP) is 4.64. The third-order valence-corrected chi connectivity index (χ3v) is 3.50. The summed E-state index contributed by atoms with van der Waals surface area (Å²) in [6, 6.07) is 2.64. The van der Waals surface area contributed by atoms with E-state index in [1.54, 1.807) is 13.8 Å². The highest BCUT2D eigenvalue weighted by Crippen LogP contribution is 2.31. The minimum Gasteiger partial charge on any atom is -0.232 e. The monoisotopic (exact) mass is 296 g/mol. The molecule has 5 heteroatoms. The summed E-state index contributed by atoms with van der Waals surface area (Å²) in [4.78, 5) is 8.42. The minimum atomic E-state index is -0.645. The topological polar surface area (TPSA) is 25.8 Å². The molecule has 0 bridgehead atoms. The van der Waals surface area contributed by atoms with Crippen LogP contribution in [0.15, 0.2) is 12.1 Å². The molecule has 1 heterocycles. The lowest BCUT2D eigenvalue weighted by molar-refractivity contribution is 0.582. The SMILES string of the molecule is CCCc1nc(Cl)c(C)c(-c2c(F)ccc(C)c2F)n1. The normalized spacial score (nSPS) is 10.9. The second-order valence-electron chi connectivity index (χ2n) is 4.71. The van der Waals surface area contributed by atoms with E-state index < -0.39 is 11.6 Å². The molecule has 2 aromatic rings. The molecule has 20 heavy (non-hydrogen) atoms. The fraction of sp³-hybridized carbons (Fsp3) is 0.333. The van der Waals surface area contributed by atoms with Crippen molar-refractivity contribution in [2.45, 2.75) is 33.6 Å². The van der Waals surface area contributed by atoms with Gasteiger partial charge in [-0.15, -0.1) is 0 Å². The van der Waals surface area contributed by atoms with Gasteiger partial charge in [-0.05, 0) is 31.9 Å². The number of hydrogen-bond acceptors (Lipinski definition) is 2. The van der Waals surface area contributed by atoms with Gasteiger partial charge < -0.3 is 0 Å². The molecule has 0 saturated carbocycles. The number of hydrogen-bond donors (Lipinski definition) is 0. The van der Waals surface area contributed by atoms with Crippen LogP contribution < -0.4 is 0 Å². The van der Waals surface area contributed by atoms with Crippen LogP contribution in [0.25, 0.3) is 11.3 Å². The Morgan fingerprint density at radius 2 is 1.85 bits per heavy atom. The molecule has 2 rings (SSSR count). The Morgan fingerprint density at radius 3 is 2.50 bits per heavy atom. The number of aryl methyl sites for hydroxylation is 2. The zero-order valence-corrected chi connectivity index (χ0v) is 12.4. The summed E-state index contributed by atoms with van der Waals surface area (Å²) >= 11 is 6.05. The fourth-order valence-electron chi connectivity index (χ4n) is 1.99. The van der Waals surface area contributed by atoms with Crippen LogP contribution in [0.5, 0.6) is 0 Å². The van der Waals surface area contributed by atoms with Crippen molar-refractivity contribution in [3.63, 3.8) is 0 Å². The quantitative estimate of drug-likeness (QED) is 0.771. The summed E-state index contributed by atoms with van der Waals surface area (Å²) in [6.45, 7) is 5.22. The van der Waals surface area contributed by atoms with E-state index in [-0.39, 0.29) is 16.4 Å². The average molecular weight is 297 g/mol. The van der Waals surface area contributed by atoms with E-state index in [4.69, 9.17) is 11.6 Å². The molecule has 2 nitrogen and oxygen atoms in total. The molecule has 0 fully saturated rings. The van der Waals surface area contributed by atoms with E-state index in [2.05, 4.69) is 9.97 Å². The van der Waals surface area contributed by atoms with Crippen LogP contribution >= 0.6 is 11.6 Å². The van der Waals surface area contributed by atoms with Crippen molar-refractivity contribution < 1.29 is 8.78 Å². The van der Waals surface area contributed by atoms with Crippen LogP contribution in [-0.2, 0) is 6.42 Å². The smallest absolute Gasteiger partial charge is 0.138 e. The summed E-state index contributed by atoms with van der Waals surface area (Å²) in [5.41, 5.74) is 0.943. The predicted molar refractivity (Wildman–Crippen MR) is 75.9 cm³/mol. The van der Waals surface area contributed by atoms with Crippen molar-refractivity contribution in [2.24, 2.45) is 0 Å². The molecular formula is C15H15ClF2N2. The molecule has 0 aliphatic heterocycles. The molecule has 1 aromatic carbocycles. The maximum atomic E-state index is 14.2. The first-order valence-electron chi connectivity index (χ1n) is 6.43. The molecule has 106 valence electrons. The van der Waals surface area contributed by atoms with Crippen molar-refractivity contribution in [2.75, 3.05) is 0 Å². The summed E-state index contributed by atoms with van der Waals surface area (Å²) < 4.78 is 28.2. The van der Waals surface area contributed by atoms with Gasteiger partial charge in [0.25, 0.3) is 0 Å². The zero-order chi connectivity index (χ0) is 14.9. The lowest BCUT2D eigenvalue weighted by atomic mass is 10.0. The zero-order valence-electron chi connectivity index (χ0n) is 11.6. The number of rotatable bonds is 3. The molecule has 0 aliphatic rings. The summed E-state index contributed by atoms with van der Waals surface area (Å²) in [5.74, 6) is -0.753. The molecule has 0 spiro atoms. The maximum Gasteiger partial charge on any atom is 0.138 e. The van der Waals surface area contributed by atoms with Gasteiger partial charge in [-0.25, -0.2) is 18.7 Å². The molecule has 0 unspecified atom stereocenters. The first-order chi connectivity index (χ1) is 9.45. The number of aromatic nitrogens is 2. The Hall–Kier alpha value is -1.55. The van der Waals surface area contributed by atoms with E-state index in [1.807, 2.05) is 6.92 Å². The molecule has 0 saturated heterocycles. The molecule has 1 aromatic heterocycles. The minimum absolute atomic E-state index is 0.135. The largest absolute Gasteiger partial charge is 0.232 e. The second kappa shape index (κ2) is 5.83. The molecule has 0 atom stereocenters. The van der Waals surface area contributed by atoms with Gasteiger partial charge in [0, 0.05) is 12.0 Å². The Bertz CT molecular complexity index is 657. The van der Waals surface area contributed by atoms with Crippen LogP contribution in [0, 0.1) is 25.5 Å². The number of benzene rings is 1. The van der Waals surface area contributed by atoms with Crippen molar-refractivity contribution in [1.82, 2.24) is 9.97 Å². The van der Waals surface area contributed by atoms with Gasteiger partial charge in [-0.3, -0.25) is 0 Å². The summed E-state index contributed by atoms with van der Waals surface area (Å²) in [7, 11) is 0. The van der Waals surface area contributed by atoms with Gasteiger partial charge in [0.2, 0.25) is 0 Å². The van der Waals surface area contributed by atoms with Crippen molar-refractivity contribution in [1.29, 1.82) is 0 Å². The van der Waals surface area contributed by atoms with Crippen LogP contribution in [0.1, 0.15) is 30.3 Å². The van der Waals surface area contributed by atoms with E-state index in [0.717, 1.165) is 6.42 Å². The van der Waals surface area contributed by atoms with Crippen molar-refractivity contribution >= 4 is 11.6 Å². The Labute approximate surface area is 121 Å². The first kappa shape index (κ1) is 14.9. The van der Waals surface area contributed by atoms with Gasteiger partial charge in [0.05, 0.1) is 11.3 Å². The van der Waals surface area contributed by atoms with Crippen molar-refractivity contribution in [3.8, 4) is 11.3 Å². The van der Waals surface area contributed by atoms with Crippen LogP contribution in [-0.4, -0.2) is 9.97 Å². The molecule has 0 radical (unpaired) electrons. The van der Waals surface area contributed by atoms with Crippen LogP contribution in [0.2, 0.25) is 5.15 Å². The van der Waals surface area contributed by atoms with Gasteiger partial charge in [-0.1, -0.05) is 24.6 Å². The van der Waals surface area contributed by atoms with E-state index in [0.29, 0.717) is 23.4 Å².